The van der Waals surface area contributed by atoms with Crippen molar-refractivity contribution in [2.24, 2.45) is 0 Å². The molecule has 44 valence electrons. The van der Waals surface area contributed by atoms with Crippen molar-refractivity contribution in [1.82, 2.24) is 0 Å². The van der Waals surface area contributed by atoms with Gasteiger partial charge in [0.15, 0.2) is 24.8 Å². The van der Waals surface area contributed by atoms with Gasteiger partial charge in [-0.1, -0.05) is 0 Å². The molecule has 0 aromatic carbocycles. The van der Waals surface area contributed by atoms with Gasteiger partial charge >= 0.3 is 0 Å². The topological polar surface area (TPSA) is 8.88 Å². The summed E-state index contributed by atoms with van der Waals surface area (Å²) >= 11 is 0. The molecule has 0 aromatic heterocycles. The van der Waals surface area contributed by atoms with Crippen LogP contribution in [0.5, 0.6) is 0 Å². The molecule has 0 saturated carbocycles. The molecule has 2 N–H and O–H groups in total. The van der Waals surface area contributed by atoms with Gasteiger partial charge in [0.25, 0.3) is 0 Å². The van der Waals surface area contributed by atoms with Gasteiger partial charge in [0, 0.05) is 0 Å². The van der Waals surface area contributed by atoms with E-state index in [1.54, 1.807) is 0 Å². The SMILES string of the molecule is C[NH+]1C=C[NH+](C)C=C1. The Morgan fingerprint density at radius 2 is 1.00 bits per heavy atom. The fraction of sp³-hybridized carbons (Fsp3) is 0.333. The minimum absolute atomic E-state index is 1.33. The molecule has 0 spiro atoms. The zero-order chi connectivity index (χ0) is 5.98. The van der Waals surface area contributed by atoms with Crippen molar-refractivity contribution in [3.8, 4) is 0 Å². The summed E-state index contributed by atoms with van der Waals surface area (Å²) in [7, 11) is 4.19. The summed E-state index contributed by atoms with van der Waals surface area (Å²) in [6, 6.07) is 0. The van der Waals surface area contributed by atoms with Crippen molar-refractivity contribution >= 4 is 0 Å². The molecule has 8 heavy (non-hydrogen) atoms. The second-order valence-corrected chi connectivity index (χ2v) is 2.15. The van der Waals surface area contributed by atoms with Crippen molar-refractivity contribution in [3.05, 3.63) is 24.8 Å². The molecule has 0 radical (unpaired) electrons. The van der Waals surface area contributed by atoms with Crippen LogP contribution in [0.15, 0.2) is 24.8 Å². The lowest BCUT2D eigenvalue weighted by Gasteiger charge is -2.06. The van der Waals surface area contributed by atoms with Crippen LogP contribution < -0.4 is 9.80 Å². The number of hydrogen-bond acceptors (Lipinski definition) is 0. The summed E-state index contributed by atoms with van der Waals surface area (Å²) in [5.41, 5.74) is 0. The summed E-state index contributed by atoms with van der Waals surface area (Å²) in [5.74, 6) is 0. The molecule has 0 aromatic rings. The molecule has 2 nitrogen and oxygen atoms in total. The molecule has 1 rings (SSSR count). The van der Waals surface area contributed by atoms with Crippen LogP contribution in [0.1, 0.15) is 0 Å². The van der Waals surface area contributed by atoms with Crippen LogP contribution in [0.2, 0.25) is 0 Å². The molecule has 2 heteroatoms. The van der Waals surface area contributed by atoms with E-state index in [1.165, 1.54) is 9.80 Å². The molecule has 0 unspecified atom stereocenters. The van der Waals surface area contributed by atoms with Crippen LogP contribution in [-0.2, 0) is 0 Å². The Kier molecular flexibility index (Phi) is 1.46. The summed E-state index contributed by atoms with van der Waals surface area (Å²) in [4.78, 5) is 2.66. The molecule has 0 atom stereocenters. The van der Waals surface area contributed by atoms with Crippen molar-refractivity contribution < 1.29 is 9.80 Å². The summed E-state index contributed by atoms with van der Waals surface area (Å²) in [6.07, 6.45) is 8.48. The maximum absolute atomic E-state index is 2.12. The van der Waals surface area contributed by atoms with Gasteiger partial charge in [-0.05, 0) is 0 Å². The fourth-order valence-corrected chi connectivity index (χ4v) is 0.637. The standard InChI is InChI=1S/C6H10N2/c1-7-3-5-8(2)6-4-7/h3-6H,1-2H3/p+2. The second kappa shape index (κ2) is 2.11. The summed E-state index contributed by atoms with van der Waals surface area (Å²) in [5, 5.41) is 0. The van der Waals surface area contributed by atoms with E-state index in [0.29, 0.717) is 0 Å². The molecule has 0 amide bonds. The third-order valence-corrected chi connectivity index (χ3v) is 1.22. The van der Waals surface area contributed by atoms with E-state index in [4.69, 9.17) is 0 Å². The Morgan fingerprint density at radius 1 is 0.750 bits per heavy atom. The highest BCUT2D eigenvalue weighted by atomic mass is 15.2. The molecule has 0 saturated heterocycles. The summed E-state index contributed by atoms with van der Waals surface area (Å²) < 4.78 is 0. The maximum atomic E-state index is 2.12. The highest BCUT2D eigenvalue weighted by molar-refractivity contribution is 4.70. The van der Waals surface area contributed by atoms with Crippen molar-refractivity contribution in [3.63, 3.8) is 0 Å². The first-order valence-corrected chi connectivity index (χ1v) is 2.82. The quantitative estimate of drug-likeness (QED) is 0.358. The first kappa shape index (κ1) is 5.54. The van der Waals surface area contributed by atoms with Gasteiger partial charge < -0.3 is 0 Å². The fourth-order valence-electron chi connectivity index (χ4n) is 0.637. The molecule has 0 aliphatic carbocycles. The van der Waals surface area contributed by atoms with Gasteiger partial charge in [-0.2, -0.15) is 0 Å². The predicted octanol–water partition coefficient (Wildman–Crippen LogP) is -2.03. The minimum atomic E-state index is 1.33. The van der Waals surface area contributed by atoms with E-state index in [2.05, 4.69) is 38.9 Å². The smallest absolute Gasteiger partial charge is 0.153 e. The van der Waals surface area contributed by atoms with Crippen molar-refractivity contribution in [1.29, 1.82) is 0 Å². The van der Waals surface area contributed by atoms with Gasteiger partial charge in [0.1, 0.15) is 0 Å². The van der Waals surface area contributed by atoms with Crippen LogP contribution in [-0.4, -0.2) is 14.1 Å². The Balaban J connectivity index is 2.54. The van der Waals surface area contributed by atoms with Crippen molar-refractivity contribution in [2.75, 3.05) is 14.1 Å². The van der Waals surface area contributed by atoms with Gasteiger partial charge in [-0.25, -0.2) is 0 Å². The second-order valence-electron chi connectivity index (χ2n) is 2.15. The lowest BCUT2D eigenvalue weighted by molar-refractivity contribution is -0.829. The summed E-state index contributed by atoms with van der Waals surface area (Å²) in [6.45, 7) is 0. The molecule has 1 heterocycles. The number of quaternary nitrogens is 2. The van der Waals surface area contributed by atoms with Gasteiger partial charge in [-0.3, -0.25) is 9.80 Å². The van der Waals surface area contributed by atoms with Crippen LogP contribution >= 0.6 is 0 Å². The zero-order valence-electron chi connectivity index (χ0n) is 5.31. The lowest BCUT2D eigenvalue weighted by atomic mass is 10.6. The molecule has 0 fully saturated rings. The predicted molar refractivity (Wildman–Crippen MR) is 32.1 cm³/mol. The van der Waals surface area contributed by atoms with E-state index in [1.807, 2.05) is 0 Å². The zero-order valence-corrected chi connectivity index (χ0v) is 5.31. The maximum Gasteiger partial charge on any atom is 0.153 e. The van der Waals surface area contributed by atoms with E-state index in [9.17, 15) is 0 Å². The number of hydrogen-bond donors (Lipinski definition) is 2. The average Bonchev–Trinajstić information content (AvgIpc) is 1.77. The van der Waals surface area contributed by atoms with E-state index < -0.39 is 0 Å². The van der Waals surface area contributed by atoms with Crippen LogP contribution in [0.4, 0.5) is 0 Å². The molecular weight excluding hydrogens is 100 g/mol. The number of rotatable bonds is 0. The van der Waals surface area contributed by atoms with E-state index >= 15 is 0 Å². The Morgan fingerprint density at radius 3 is 1.25 bits per heavy atom. The Bertz CT molecular complexity index is 98.5. The monoisotopic (exact) mass is 112 g/mol. The van der Waals surface area contributed by atoms with Crippen LogP contribution in [0.25, 0.3) is 0 Å². The Hall–Kier alpha value is -0.600. The van der Waals surface area contributed by atoms with E-state index in [0.717, 1.165) is 0 Å². The van der Waals surface area contributed by atoms with Crippen LogP contribution in [0, 0.1) is 0 Å². The lowest BCUT2D eigenvalue weighted by Crippen LogP contribution is -3.09. The average molecular weight is 112 g/mol. The molecule has 1 aliphatic heterocycles. The van der Waals surface area contributed by atoms with Crippen molar-refractivity contribution in [2.45, 2.75) is 0 Å². The first-order chi connectivity index (χ1) is 3.79. The van der Waals surface area contributed by atoms with Crippen LogP contribution in [0.3, 0.4) is 0 Å². The molecular formula is C6H12N2+2. The van der Waals surface area contributed by atoms with Gasteiger partial charge in [0.05, 0.1) is 14.1 Å². The molecule has 0 bridgehead atoms. The highest BCUT2D eigenvalue weighted by Gasteiger charge is 2.00. The largest absolute Gasteiger partial charge is 0.276 e. The minimum Gasteiger partial charge on any atom is -0.276 e. The highest BCUT2D eigenvalue weighted by Crippen LogP contribution is 1.55. The first-order valence-electron chi connectivity index (χ1n) is 2.82. The number of nitrogens with one attached hydrogen (secondary N) is 2. The Labute approximate surface area is 49.7 Å². The third-order valence-electron chi connectivity index (χ3n) is 1.22. The van der Waals surface area contributed by atoms with Gasteiger partial charge in [-0.15, -0.1) is 0 Å². The van der Waals surface area contributed by atoms with Gasteiger partial charge in [0.2, 0.25) is 0 Å². The molecule has 1 aliphatic rings. The normalized spacial score (nSPS) is 35.8. The third kappa shape index (κ3) is 1.18. The van der Waals surface area contributed by atoms with E-state index in [-0.39, 0.29) is 0 Å².